The molecule has 4 fully saturated rings. The van der Waals surface area contributed by atoms with Crippen LogP contribution in [0, 0.1) is 30.1 Å². The van der Waals surface area contributed by atoms with E-state index in [0.29, 0.717) is 24.4 Å². The number of rotatable bonds is 2. The first-order valence-electron chi connectivity index (χ1n) is 7.36. The van der Waals surface area contributed by atoms with Crippen LogP contribution in [0.5, 0.6) is 0 Å². The number of hydrogen-bond donors (Lipinski definition) is 0. The van der Waals surface area contributed by atoms with E-state index in [0.717, 1.165) is 23.7 Å². The molecular weight excluding hydrogens is 212 g/mol. The first-order chi connectivity index (χ1) is 8.20. The van der Waals surface area contributed by atoms with Crippen LogP contribution in [0.2, 0.25) is 0 Å². The summed E-state index contributed by atoms with van der Waals surface area (Å²) in [5.41, 5.74) is 0. The lowest BCUT2D eigenvalue weighted by Crippen LogP contribution is -2.30. The zero-order valence-corrected chi connectivity index (χ0v) is 10.8. The predicted molar refractivity (Wildman–Crippen MR) is 65.4 cm³/mol. The van der Waals surface area contributed by atoms with Crippen LogP contribution in [0.4, 0.5) is 0 Å². The highest BCUT2D eigenvalue weighted by atomic mass is 16.6. The van der Waals surface area contributed by atoms with Crippen LogP contribution in [0.3, 0.4) is 0 Å². The minimum absolute atomic E-state index is 0.608. The molecule has 0 aromatic carbocycles. The monoisotopic (exact) mass is 235 g/mol. The zero-order valence-electron chi connectivity index (χ0n) is 10.8. The Kier molecular flexibility index (Phi) is 2.36. The minimum atomic E-state index is 0.608. The molecule has 8 atom stereocenters. The summed E-state index contributed by atoms with van der Waals surface area (Å²) in [7, 11) is 0. The fourth-order valence-corrected chi connectivity index (χ4v) is 4.13. The highest BCUT2D eigenvalue weighted by molar-refractivity contribution is 5.04. The van der Waals surface area contributed by atoms with Crippen molar-refractivity contribution in [2.75, 3.05) is 0 Å². The van der Waals surface area contributed by atoms with Crippen molar-refractivity contribution in [2.45, 2.75) is 63.9 Å². The van der Waals surface area contributed by atoms with Gasteiger partial charge >= 0.3 is 0 Å². The first kappa shape index (κ1) is 10.8. The molecule has 0 aromatic rings. The second kappa shape index (κ2) is 3.71. The van der Waals surface area contributed by atoms with E-state index in [4.69, 9.17) is 9.47 Å². The molecule has 2 aliphatic carbocycles. The smallest absolute Gasteiger partial charge is 0.0844 e. The van der Waals surface area contributed by atoms with Gasteiger partial charge in [0.25, 0.3) is 0 Å². The molecule has 8 unspecified atom stereocenters. The van der Waals surface area contributed by atoms with E-state index >= 15 is 0 Å². The Morgan fingerprint density at radius 3 is 1.59 bits per heavy atom. The Balaban J connectivity index is 1.38. The highest BCUT2D eigenvalue weighted by Gasteiger charge is 2.50. The molecule has 4 rings (SSSR count). The maximum atomic E-state index is 5.68. The van der Waals surface area contributed by atoms with E-state index in [-0.39, 0.29) is 0 Å². The third-order valence-electron chi connectivity index (χ3n) is 5.55. The Morgan fingerprint density at radius 2 is 1.12 bits per heavy atom. The van der Waals surface area contributed by atoms with Crippen molar-refractivity contribution in [1.29, 1.82) is 0 Å². The summed E-state index contributed by atoms with van der Waals surface area (Å²) in [5.74, 6) is 3.23. The molecule has 0 N–H and O–H groups in total. The van der Waals surface area contributed by atoms with Gasteiger partial charge in [-0.15, -0.1) is 0 Å². The highest BCUT2D eigenvalue weighted by Crippen LogP contribution is 2.49. The molecule has 2 saturated heterocycles. The second-order valence-corrected chi connectivity index (χ2v) is 6.84. The average Bonchev–Trinajstić information content (AvgIpc) is 3.15. The van der Waals surface area contributed by atoms with Gasteiger partial charge < -0.3 is 9.47 Å². The van der Waals surface area contributed by atoms with Gasteiger partial charge in [0.2, 0.25) is 0 Å². The van der Waals surface area contributed by atoms with Crippen LogP contribution in [-0.4, -0.2) is 24.4 Å². The van der Waals surface area contributed by atoms with E-state index in [1.165, 1.54) is 25.7 Å². The largest absolute Gasteiger partial charge is 0.370 e. The molecule has 4 aliphatic rings. The predicted octanol–water partition coefficient (Wildman–Crippen LogP) is 2.82. The molecule has 95 valence electrons. The Morgan fingerprint density at radius 1 is 0.706 bits per heavy atom. The van der Waals surface area contributed by atoms with Crippen LogP contribution in [0.25, 0.3) is 0 Å². The van der Waals surface area contributed by atoms with Gasteiger partial charge in [-0.3, -0.25) is 0 Å². The van der Waals surface area contributed by atoms with Crippen molar-refractivity contribution in [1.82, 2.24) is 0 Å². The molecule has 17 heavy (non-hydrogen) atoms. The third kappa shape index (κ3) is 1.94. The van der Waals surface area contributed by atoms with Crippen LogP contribution in [-0.2, 0) is 9.47 Å². The minimum Gasteiger partial charge on any atom is -0.370 e. The molecule has 0 aromatic heterocycles. The van der Waals surface area contributed by atoms with Crippen molar-refractivity contribution in [3.05, 3.63) is 6.42 Å². The number of fused-ring (bicyclic) bond motifs is 2. The normalized spacial score (nSPS) is 60.4. The Bertz CT molecular complexity index is 286. The van der Waals surface area contributed by atoms with Crippen molar-refractivity contribution < 1.29 is 9.47 Å². The molecule has 2 aliphatic heterocycles. The maximum absolute atomic E-state index is 5.68. The lowest BCUT2D eigenvalue weighted by molar-refractivity contribution is 0.244. The second-order valence-electron chi connectivity index (χ2n) is 6.84. The summed E-state index contributed by atoms with van der Waals surface area (Å²) in [6.07, 6.45) is 10.3. The van der Waals surface area contributed by atoms with Crippen molar-refractivity contribution in [3.63, 3.8) is 0 Å². The van der Waals surface area contributed by atoms with E-state index in [9.17, 15) is 0 Å². The molecule has 2 heteroatoms. The van der Waals surface area contributed by atoms with Gasteiger partial charge in [-0.05, 0) is 55.8 Å². The third-order valence-corrected chi connectivity index (χ3v) is 5.55. The number of ether oxygens (including phenoxy) is 2. The maximum Gasteiger partial charge on any atom is 0.0844 e. The van der Waals surface area contributed by atoms with Gasteiger partial charge in [-0.1, -0.05) is 13.8 Å². The molecule has 2 nitrogen and oxygen atoms in total. The molecule has 2 heterocycles. The van der Waals surface area contributed by atoms with Crippen LogP contribution < -0.4 is 0 Å². The van der Waals surface area contributed by atoms with Crippen LogP contribution in [0.15, 0.2) is 0 Å². The van der Waals surface area contributed by atoms with Crippen LogP contribution in [0.1, 0.15) is 39.5 Å². The van der Waals surface area contributed by atoms with Gasteiger partial charge in [0, 0.05) is 0 Å². The number of hydrogen-bond acceptors (Lipinski definition) is 2. The van der Waals surface area contributed by atoms with Crippen molar-refractivity contribution in [2.24, 2.45) is 23.7 Å². The van der Waals surface area contributed by atoms with Gasteiger partial charge in [0.1, 0.15) is 0 Å². The Hall–Kier alpha value is -0.0800. The van der Waals surface area contributed by atoms with E-state index in [1.54, 1.807) is 0 Å². The van der Waals surface area contributed by atoms with E-state index < -0.39 is 0 Å². The summed E-state index contributed by atoms with van der Waals surface area (Å²) in [6.45, 7) is 4.81. The van der Waals surface area contributed by atoms with Crippen molar-refractivity contribution >= 4 is 0 Å². The lowest BCUT2D eigenvalue weighted by Gasteiger charge is -2.33. The topological polar surface area (TPSA) is 25.1 Å². The van der Waals surface area contributed by atoms with Gasteiger partial charge in [0.15, 0.2) is 0 Å². The molecular formula is C15H23O2. The fourth-order valence-electron chi connectivity index (χ4n) is 4.13. The molecule has 0 amide bonds. The first-order valence-corrected chi connectivity index (χ1v) is 7.36. The molecule has 0 spiro atoms. The van der Waals surface area contributed by atoms with Gasteiger partial charge in [0.05, 0.1) is 24.4 Å². The standard InChI is InChI=1S/C15H23O2/c1-8-3-12-14(16-12)6-10(8)5-11-7-15-13(17-15)4-9(11)2/h5,8-15H,3-4,6-7H2,1-2H3. The van der Waals surface area contributed by atoms with Gasteiger partial charge in [-0.2, -0.15) is 0 Å². The zero-order chi connectivity index (χ0) is 11.6. The summed E-state index contributed by atoms with van der Waals surface area (Å²) in [6, 6.07) is 0. The lowest BCUT2D eigenvalue weighted by atomic mass is 9.70. The molecule has 2 saturated carbocycles. The van der Waals surface area contributed by atoms with E-state index in [2.05, 4.69) is 20.3 Å². The summed E-state index contributed by atoms with van der Waals surface area (Å²) in [5, 5.41) is 0. The molecule has 1 radical (unpaired) electrons. The fraction of sp³-hybridized carbons (Fsp3) is 0.933. The van der Waals surface area contributed by atoms with Crippen LogP contribution >= 0.6 is 0 Å². The quantitative estimate of drug-likeness (QED) is 0.688. The van der Waals surface area contributed by atoms with Crippen molar-refractivity contribution in [3.8, 4) is 0 Å². The Labute approximate surface area is 104 Å². The van der Waals surface area contributed by atoms with Gasteiger partial charge in [-0.25, -0.2) is 0 Å². The average molecular weight is 235 g/mol. The number of epoxide rings is 2. The summed E-state index contributed by atoms with van der Waals surface area (Å²) < 4.78 is 11.4. The summed E-state index contributed by atoms with van der Waals surface area (Å²) in [4.78, 5) is 0. The SMILES string of the molecule is CC1CC2OC2CC1[CH]C1CC2OC2CC1C. The summed E-state index contributed by atoms with van der Waals surface area (Å²) >= 11 is 0. The molecule has 0 bridgehead atoms. The van der Waals surface area contributed by atoms with E-state index in [1.807, 2.05) is 0 Å².